The molecule has 0 aliphatic carbocycles. The van der Waals surface area contributed by atoms with Crippen molar-refractivity contribution in [1.82, 2.24) is 19.4 Å². The third-order valence-electron chi connectivity index (χ3n) is 7.58. The number of piperidine rings is 1. The lowest BCUT2D eigenvalue weighted by Crippen LogP contribution is -2.44. The number of anilines is 4. The topological polar surface area (TPSA) is 145 Å². The second kappa shape index (κ2) is 10.3. The predicted octanol–water partition coefficient (Wildman–Crippen LogP) is 2.55. The molecule has 2 saturated heterocycles. The minimum atomic E-state index is -2.57. The van der Waals surface area contributed by atoms with E-state index in [0.717, 1.165) is 31.6 Å². The number of rotatable bonds is 7. The number of methoxy groups -OCH3 is 1. The highest BCUT2D eigenvalue weighted by Crippen LogP contribution is 2.35. The molecule has 2 aliphatic rings. The van der Waals surface area contributed by atoms with Crippen molar-refractivity contribution in [2.75, 3.05) is 49.2 Å². The number of alkyl halides is 2. The number of nitrogen functional groups attached to an aromatic ring is 1. The summed E-state index contributed by atoms with van der Waals surface area (Å²) in [5.74, 6) is -2.75. The Hall–Kier alpha value is -4.00. The molecule has 208 valence electrons. The molecule has 3 aromatic rings. The molecule has 1 aromatic carbocycles. The summed E-state index contributed by atoms with van der Waals surface area (Å²) < 4.78 is 34.5. The molecule has 5 rings (SSSR count). The van der Waals surface area contributed by atoms with Crippen LogP contribution in [0.15, 0.2) is 29.2 Å². The van der Waals surface area contributed by atoms with Gasteiger partial charge in [0, 0.05) is 56.6 Å². The first-order valence-electron chi connectivity index (χ1n) is 12.9. The maximum atomic E-state index is 13.6. The van der Waals surface area contributed by atoms with Crippen molar-refractivity contribution in [3.05, 3.63) is 40.2 Å². The van der Waals surface area contributed by atoms with E-state index in [1.54, 1.807) is 7.11 Å². The van der Waals surface area contributed by atoms with Crippen LogP contribution >= 0.6 is 0 Å². The van der Waals surface area contributed by atoms with Gasteiger partial charge in [-0.1, -0.05) is 0 Å². The van der Waals surface area contributed by atoms with Gasteiger partial charge in [-0.05, 0) is 31.9 Å². The molecule has 5 N–H and O–H groups in total. The predicted molar refractivity (Wildman–Crippen MR) is 145 cm³/mol. The number of nitrogens with one attached hydrogen (secondary N) is 1. The highest BCUT2D eigenvalue weighted by molar-refractivity contribution is 6.00. The summed E-state index contributed by atoms with van der Waals surface area (Å²) in [6.45, 7) is 4.00. The van der Waals surface area contributed by atoms with Crippen LogP contribution in [0.4, 0.5) is 31.9 Å². The third kappa shape index (κ3) is 5.05. The number of hydrogen-bond donors (Lipinski definition) is 3. The molecule has 39 heavy (non-hydrogen) atoms. The van der Waals surface area contributed by atoms with Gasteiger partial charge in [0.2, 0.25) is 11.4 Å². The van der Waals surface area contributed by atoms with Crippen molar-refractivity contribution in [2.24, 2.45) is 5.73 Å². The Labute approximate surface area is 223 Å². The summed E-state index contributed by atoms with van der Waals surface area (Å²) in [5, 5.41) is 3.27. The Balaban J connectivity index is 1.35. The fourth-order valence-electron chi connectivity index (χ4n) is 5.52. The number of benzene rings is 1. The second-order valence-corrected chi connectivity index (χ2v) is 9.93. The lowest BCUT2D eigenvalue weighted by Gasteiger charge is -2.38. The van der Waals surface area contributed by atoms with Gasteiger partial charge in [0.05, 0.1) is 24.7 Å². The zero-order valence-electron chi connectivity index (χ0n) is 21.9. The number of aryl methyl sites for hydroxylation is 1. The van der Waals surface area contributed by atoms with Gasteiger partial charge in [0.15, 0.2) is 5.65 Å². The Morgan fingerprint density at radius 1 is 1.26 bits per heavy atom. The van der Waals surface area contributed by atoms with E-state index in [9.17, 15) is 18.4 Å². The van der Waals surface area contributed by atoms with Gasteiger partial charge < -0.3 is 31.0 Å². The monoisotopic (exact) mass is 542 g/mol. The fraction of sp³-hybridized carbons (Fsp3) is 0.462. The molecule has 0 radical (unpaired) electrons. The van der Waals surface area contributed by atoms with Crippen LogP contribution in [0.3, 0.4) is 0 Å². The number of amides is 1. The summed E-state index contributed by atoms with van der Waals surface area (Å²) in [6.07, 6.45) is 2.93. The van der Waals surface area contributed by atoms with Crippen molar-refractivity contribution in [3.8, 4) is 5.75 Å². The molecule has 2 fully saturated rings. The van der Waals surface area contributed by atoms with Crippen LogP contribution in [0.2, 0.25) is 0 Å². The Morgan fingerprint density at radius 2 is 2.00 bits per heavy atom. The molecule has 0 spiro atoms. The zero-order chi connectivity index (χ0) is 27.9. The maximum Gasteiger partial charge on any atom is 0.261 e. The number of aromatic nitrogens is 3. The van der Waals surface area contributed by atoms with Gasteiger partial charge in [-0.3, -0.25) is 14.5 Å². The van der Waals surface area contributed by atoms with Gasteiger partial charge in [-0.25, -0.2) is 13.8 Å². The van der Waals surface area contributed by atoms with Crippen molar-refractivity contribution >= 4 is 40.1 Å². The van der Waals surface area contributed by atoms with Crippen LogP contribution in [-0.4, -0.2) is 70.6 Å². The average molecular weight is 543 g/mol. The lowest BCUT2D eigenvalue weighted by atomic mass is 10.0. The first-order valence-corrected chi connectivity index (χ1v) is 12.9. The molecule has 0 unspecified atom stereocenters. The molecular formula is C26H32F2N8O3. The van der Waals surface area contributed by atoms with E-state index in [-0.39, 0.29) is 47.4 Å². The number of fused-ring (bicyclic) bond motifs is 1. The number of primary amides is 1. The standard InChI is InChI=1S/C26H32F2N8O3/c1-3-36-22(29)20(23(30)38)21(37)17-13-31-25(33-24(17)36)32-18-5-4-16(12-19(18)39-2)34-9-6-15(7-10-34)35-11-8-26(27,28)14-35/h4-5,12-13,15H,3,6-11,14,29H2,1-2H3,(H2,30,38)(H,31,32,33). The molecule has 1 amide bonds. The highest BCUT2D eigenvalue weighted by Gasteiger charge is 2.41. The Morgan fingerprint density at radius 3 is 2.62 bits per heavy atom. The molecular weight excluding hydrogens is 510 g/mol. The van der Waals surface area contributed by atoms with E-state index in [2.05, 4.69) is 20.2 Å². The SMILES string of the molecule is CCn1c(N)c(C(N)=O)c(=O)c2cnc(Nc3ccc(N4CCC(N5CCC(F)(F)C5)CC4)cc3OC)nc21. The Kier molecular flexibility index (Phi) is 7.02. The van der Waals surface area contributed by atoms with Crippen LogP contribution < -0.4 is 31.8 Å². The van der Waals surface area contributed by atoms with Gasteiger partial charge in [-0.2, -0.15) is 4.98 Å². The molecule has 0 atom stereocenters. The molecule has 2 aromatic heterocycles. The Bertz CT molecular complexity index is 1470. The number of carbonyl (C=O) groups excluding carboxylic acids is 1. The molecule has 0 saturated carbocycles. The summed E-state index contributed by atoms with van der Waals surface area (Å²) in [4.78, 5) is 37.5. The molecule has 11 nitrogen and oxygen atoms in total. The number of halogens is 2. The van der Waals surface area contributed by atoms with Gasteiger partial charge in [0.1, 0.15) is 17.1 Å². The lowest BCUT2D eigenvalue weighted by molar-refractivity contribution is 0.00628. The van der Waals surface area contributed by atoms with Crippen molar-refractivity contribution < 1.29 is 18.3 Å². The number of nitrogens with two attached hydrogens (primary N) is 2. The van der Waals surface area contributed by atoms with E-state index in [0.29, 0.717) is 24.5 Å². The summed E-state index contributed by atoms with van der Waals surface area (Å²) in [6, 6.07) is 5.89. The minimum absolute atomic E-state index is 0.0451. The fourth-order valence-corrected chi connectivity index (χ4v) is 5.52. The minimum Gasteiger partial charge on any atom is -0.494 e. The molecule has 13 heteroatoms. The van der Waals surface area contributed by atoms with Crippen LogP contribution in [0.25, 0.3) is 11.0 Å². The van der Waals surface area contributed by atoms with Gasteiger partial charge >= 0.3 is 0 Å². The number of pyridine rings is 1. The smallest absolute Gasteiger partial charge is 0.261 e. The highest BCUT2D eigenvalue weighted by atomic mass is 19.3. The van der Waals surface area contributed by atoms with E-state index >= 15 is 0 Å². The van der Waals surface area contributed by atoms with Gasteiger partial charge in [0.25, 0.3) is 11.8 Å². The molecule has 4 heterocycles. The number of ether oxygens (including phenoxy) is 1. The van der Waals surface area contributed by atoms with E-state index in [1.807, 2.05) is 30.0 Å². The number of hydrogen-bond acceptors (Lipinski definition) is 9. The zero-order valence-corrected chi connectivity index (χ0v) is 21.9. The first-order chi connectivity index (χ1) is 18.6. The quantitative estimate of drug-likeness (QED) is 0.410. The average Bonchev–Trinajstić information content (AvgIpc) is 3.28. The summed E-state index contributed by atoms with van der Waals surface area (Å²) in [7, 11) is 1.56. The second-order valence-electron chi connectivity index (χ2n) is 9.93. The van der Waals surface area contributed by atoms with Crippen LogP contribution in [0, 0.1) is 0 Å². The molecule has 0 bridgehead atoms. The van der Waals surface area contributed by atoms with Crippen LogP contribution in [-0.2, 0) is 6.54 Å². The largest absolute Gasteiger partial charge is 0.494 e. The number of nitrogens with zero attached hydrogens (tertiary/aromatic N) is 5. The van der Waals surface area contributed by atoms with Crippen molar-refractivity contribution in [2.45, 2.75) is 44.7 Å². The van der Waals surface area contributed by atoms with Gasteiger partial charge in [-0.15, -0.1) is 0 Å². The summed E-state index contributed by atoms with van der Waals surface area (Å²) in [5.41, 5.74) is 12.4. The van der Waals surface area contributed by atoms with E-state index < -0.39 is 17.3 Å². The maximum absolute atomic E-state index is 13.6. The first kappa shape index (κ1) is 26.6. The van der Waals surface area contributed by atoms with Crippen LogP contribution in [0.5, 0.6) is 5.75 Å². The molecule has 2 aliphatic heterocycles. The normalized spacial score (nSPS) is 18.0. The third-order valence-corrected chi connectivity index (χ3v) is 7.58. The van der Waals surface area contributed by atoms with Crippen molar-refractivity contribution in [1.29, 1.82) is 0 Å². The van der Waals surface area contributed by atoms with E-state index in [1.165, 1.54) is 10.8 Å². The number of carbonyl (C=O) groups is 1. The van der Waals surface area contributed by atoms with E-state index in [4.69, 9.17) is 16.2 Å². The summed E-state index contributed by atoms with van der Waals surface area (Å²) >= 11 is 0. The van der Waals surface area contributed by atoms with Crippen LogP contribution in [0.1, 0.15) is 36.5 Å². The number of likely N-dealkylation sites (tertiary alicyclic amines) is 1. The van der Waals surface area contributed by atoms with Crippen molar-refractivity contribution in [3.63, 3.8) is 0 Å².